The van der Waals surface area contributed by atoms with Crippen LogP contribution >= 0.6 is 0 Å². The number of carbonyl (C=O) groups excluding carboxylic acids is 3. The Balaban J connectivity index is 2.06. The highest BCUT2D eigenvalue weighted by Gasteiger charge is 2.56. The van der Waals surface area contributed by atoms with Crippen molar-refractivity contribution in [3.63, 3.8) is 0 Å². The first-order valence-corrected chi connectivity index (χ1v) is 6.55. The maximum atomic E-state index is 12.3. The summed E-state index contributed by atoms with van der Waals surface area (Å²) in [6.45, 7) is 5.47. The van der Waals surface area contributed by atoms with Gasteiger partial charge in [0.1, 0.15) is 6.61 Å². The van der Waals surface area contributed by atoms with E-state index in [2.05, 4.69) is 0 Å². The smallest absolute Gasteiger partial charge is 0.303 e. The van der Waals surface area contributed by atoms with Crippen molar-refractivity contribution in [2.24, 2.45) is 0 Å². The topological polar surface area (TPSA) is 97.4 Å². The van der Waals surface area contributed by atoms with Crippen molar-refractivity contribution in [1.82, 2.24) is 0 Å². The van der Waals surface area contributed by atoms with Crippen molar-refractivity contribution in [3.8, 4) is 0 Å². The average molecular weight is 302 g/mol. The van der Waals surface area contributed by atoms with Crippen molar-refractivity contribution in [2.75, 3.05) is 6.61 Å². The van der Waals surface area contributed by atoms with Crippen LogP contribution in [0.3, 0.4) is 0 Å². The summed E-state index contributed by atoms with van der Waals surface area (Å²) in [7, 11) is 0. The molecule has 0 radical (unpaired) electrons. The number of fused-ring (bicyclic) bond motifs is 1. The molecule has 0 aromatic carbocycles. The Morgan fingerprint density at radius 3 is 2.43 bits per heavy atom. The van der Waals surface area contributed by atoms with Gasteiger partial charge in [0.2, 0.25) is 0 Å². The molecule has 8 heteroatoms. The summed E-state index contributed by atoms with van der Waals surface area (Å²) >= 11 is 0. The molecule has 0 aromatic rings. The molecule has 2 aliphatic heterocycles. The summed E-state index contributed by atoms with van der Waals surface area (Å²) < 4.78 is 26.2. The average Bonchev–Trinajstić information content (AvgIpc) is 2.78. The van der Waals surface area contributed by atoms with Gasteiger partial charge in [0.25, 0.3) is 0 Å². The maximum absolute atomic E-state index is 12.3. The van der Waals surface area contributed by atoms with Crippen LogP contribution in [0.25, 0.3) is 0 Å². The third-order valence-corrected chi connectivity index (χ3v) is 3.01. The van der Waals surface area contributed by atoms with Gasteiger partial charge in [-0.3, -0.25) is 14.4 Å². The minimum Gasteiger partial charge on any atom is -0.462 e. The molecule has 0 amide bonds. The first kappa shape index (κ1) is 15.9. The first-order chi connectivity index (χ1) is 9.69. The summed E-state index contributed by atoms with van der Waals surface area (Å²) in [5.74, 6) is -2.47. The fraction of sp³-hybridized carbons (Fsp3) is 0.769. The lowest BCUT2D eigenvalue weighted by molar-refractivity contribution is -0.218. The number of ether oxygens (including phenoxy) is 5. The van der Waals surface area contributed by atoms with Crippen LogP contribution in [-0.2, 0) is 38.1 Å². The van der Waals surface area contributed by atoms with E-state index < -0.39 is 48.1 Å². The Bertz CT molecular complexity index is 457. The highest BCUT2D eigenvalue weighted by molar-refractivity contribution is 5.90. The van der Waals surface area contributed by atoms with Gasteiger partial charge in [-0.25, -0.2) is 0 Å². The van der Waals surface area contributed by atoms with E-state index >= 15 is 0 Å². The number of Topliss-reactive ketones (excluding diaryl/α,β-unsaturated/α-hetero) is 1. The van der Waals surface area contributed by atoms with Crippen LogP contribution in [0.15, 0.2) is 0 Å². The third kappa shape index (κ3) is 3.58. The number of rotatable bonds is 4. The molecule has 0 aromatic heterocycles. The highest BCUT2D eigenvalue weighted by Crippen LogP contribution is 2.36. The standard InChI is InChI=1S/C13H18O8/c1-6(14)17-5-8(18-7(2)15)10-9(16)11-12(19-10)21-13(3,4)20-11/h8,10-12H,5H2,1-4H3/t8-,10-,11-,12-/m1/s1. The normalized spacial score (nSPS) is 31.6. The quantitative estimate of drug-likeness (QED) is 0.665. The molecular weight excluding hydrogens is 284 g/mol. The molecule has 2 heterocycles. The van der Waals surface area contributed by atoms with Crippen LogP contribution in [0.1, 0.15) is 27.7 Å². The molecular formula is C13H18O8. The zero-order valence-corrected chi connectivity index (χ0v) is 12.3. The number of hydrogen-bond donors (Lipinski definition) is 0. The minimum absolute atomic E-state index is 0.270. The van der Waals surface area contributed by atoms with Gasteiger partial charge in [0.05, 0.1) is 0 Å². The van der Waals surface area contributed by atoms with E-state index in [-0.39, 0.29) is 6.61 Å². The van der Waals surface area contributed by atoms with E-state index in [1.165, 1.54) is 13.8 Å². The van der Waals surface area contributed by atoms with E-state index in [9.17, 15) is 14.4 Å². The summed E-state index contributed by atoms with van der Waals surface area (Å²) in [4.78, 5) is 34.3. The summed E-state index contributed by atoms with van der Waals surface area (Å²) in [6, 6.07) is 0. The monoisotopic (exact) mass is 302 g/mol. The fourth-order valence-corrected chi connectivity index (χ4v) is 2.26. The Morgan fingerprint density at radius 2 is 1.90 bits per heavy atom. The molecule has 2 saturated heterocycles. The Labute approximate surface area is 121 Å². The van der Waals surface area contributed by atoms with Crippen molar-refractivity contribution >= 4 is 17.7 Å². The van der Waals surface area contributed by atoms with Gasteiger partial charge in [-0.15, -0.1) is 0 Å². The largest absolute Gasteiger partial charge is 0.462 e. The number of carbonyl (C=O) groups is 3. The van der Waals surface area contributed by atoms with Gasteiger partial charge in [0.15, 0.2) is 36.2 Å². The van der Waals surface area contributed by atoms with E-state index in [1.807, 2.05) is 0 Å². The Morgan fingerprint density at radius 1 is 1.24 bits per heavy atom. The van der Waals surface area contributed by atoms with Crippen LogP contribution < -0.4 is 0 Å². The zero-order chi connectivity index (χ0) is 15.8. The lowest BCUT2D eigenvalue weighted by atomic mass is 10.1. The van der Waals surface area contributed by atoms with E-state index in [0.29, 0.717) is 0 Å². The van der Waals surface area contributed by atoms with Gasteiger partial charge in [-0.05, 0) is 13.8 Å². The van der Waals surface area contributed by atoms with Crippen molar-refractivity contribution in [3.05, 3.63) is 0 Å². The lowest BCUT2D eigenvalue weighted by Crippen LogP contribution is -2.42. The van der Waals surface area contributed by atoms with Crippen LogP contribution in [0.4, 0.5) is 0 Å². The molecule has 0 saturated carbocycles. The molecule has 0 aliphatic carbocycles. The van der Waals surface area contributed by atoms with Crippen molar-refractivity contribution in [2.45, 2.75) is 58.1 Å². The zero-order valence-electron chi connectivity index (χ0n) is 12.3. The van der Waals surface area contributed by atoms with Gasteiger partial charge in [-0.1, -0.05) is 0 Å². The maximum Gasteiger partial charge on any atom is 0.303 e. The predicted molar refractivity (Wildman–Crippen MR) is 65.9 cm³/mol. The summed E-state index contributed by atoms with van der Waals surface area (Å²) in [5.41, 5.74) is 0. The SMILES string of the molecule is CC(=O)OC[C@@H](OC(C)=O)[C@H]1O[C@@H]2OC(C)(C)O[C@@H]2C1=O. The van der Waals surface area contributed by atoms with Crippen LogP contribution in [0, 0.1) is 0 Å². The molecule has 2 rings (SSSR count). The van der Waals surface area contributed by atoms with Crippen LogP contribution in [0.5, 0.6) is 0 Å². The molecule has 2 fully saturated rings. The summed E-state index contributed by atoms with van der Waals surface area (Å²) in [6.07, 6.45) is -3.84. The van der Waals surface area contributed by atoms with E-state index in [0.717, 1.165) is 0 Å². The van der Waals surface area contributed by atoms with Crippen LogP contribution in [0.2, 0.25) is 0 Å². The van der Waals surface area contributed by atoms with Gasteiger partial charge in [-0.2, -0.15) is 0 Å². The second kappa shape index (κ2) is 5.70. The Hall–Kier alpha value is -1.51. The van der Waals surface area contributed by atoms with Gasteiger partial charge < -0.3 is 23.7 Å². The highest BCUT2D eigenvalue weighted by atomic mass is 16.8. The van der Waals surface area contributed by atoms with Gasteiger partial charge >= 0.3 is 11.9 Å². The van der Waals surface area contributed by atoms with E-state index in [4.69, 9.17) is 23.7 Å². The lowest BCUT2D eigenvalue weighted by Gasteiger charge is -2.24. The second-order valence-corrected chi connectivity index (χ2v) is 5.33. The molecule has 2 aliphatic rings. The van der Waals surface area contributed by atoms with Crippen molar-refractivity contribution < 1.29 is 38.1 Å². The number of ketones is 1. The second-order valence-electron chi connectivity index (χ2n) is 5.33. The van der Waals surface area contributed by atoms with E-state index in [1.54, 1.807) is 13.8 Å². The predicted octanol–water partition coefficient (Wildman–Crippen LogP) is -0.0733. The fourth-order valence-electron chi connectivity index (χ4n) is 2.26. The molecule has 4 atom stereocenters. The number of esters is 2. The number of hydrogen-bond acceptors (Lipinski definition) is 8. The molecule has 0 spiro atoms. The third-order valence-electron chi connectivity index (χ3n) is 3.01. The molecule has 0 unspecified atom stereocenters. The Kier molecular flexibility index (Phi) is 4.31. The van der Waals surface area contributed by atoms with Crippen molar-refractivity contribution in [1.29, 1.82) is 0 Å². The van der Waals surface area contributed by atoms with Crippen LogP contribution in [-0.4, -0.2) is 54.7 Å². The first-order valence-electron chi connectivity index (χ1n) is 6.55. The van der Waals surface area contributed by atoms with Gasteiger partial charge in [0, 0.05) is 13.8 Å². The molecule has 0 N–H and O–H groups in total. The molecule has 0 bridgehead atoms. The minimum atomic E-state index is -1.08. The molecule has 118 valence electrons. The summed E-state index contributed by atoms with van der Waals surface area (Å²) in [5, 5.41) is 0. The molecule has 21 heavy (non-hydrogen) atoms. The molecule has 8 nitrogen and oxygen atoms in total.